The van der Waals surface area contributed by atoms with Crippen molar-refractivity contribution in [3.05, 3.63) is 34.9 Å². The minimum Gasteiger partial charge on any atom is -0.381 e. The number of hydrogen-bond acceptors (Lipinski definition) is 3. The summed E-state index contributed by atoms with van der Waals surface area (Å²) < 4.78 is 5.57. The quantitative estimate of drug-likeness (QED) is 0.911. The first-order valence-electron chi connectivity index (χ1n) is 7.89. The Bertz CT molecular complexity index is 441. The fourth-order valence-electron chi connectivity index (χ4n) is 3.40. The Kier molecular flexibility index (Phi) is 4.71. The highest BCUT2D eigenvalue weighted by atomic mass is 16.5. The largest absolute Gasteiger partial charge is 0.381 e. The van der Waals surface area contributed by atoms with E-state index in [2.05, 4.69) is 35.5 Å². The van der Waals surface area contributed by atoms with Gasteiger partial charge >= 0.3 is 0 Å². The first-order valence-corrected chi connectivity index (χ1v) is 7.89. The first-order chi connectivity index (χ1) is 9.81. The second-order valence-corrected chi connectivity index (χ2v) is 6.31. The molecule has 0 saturated carbocycles. The molecule has 0 spiro atoms. The van der Waals surface area contributed by atoms with Crippen LogP contribution in [0.4, 0.5) is 0 Å². The fraction of sp³-hybridized carbons (Fsp3) is 0.647. The van der Waals surface area contributed by atoms with Crippen LogP contribution in [0, 0.1) is 5.92 Å². The van der Waals surface area contributed by atoms with Crippen LogP contribution in [-0.2, 0) is 24.2 Å². The molecule has 1 unspecified atom stereocenters. The number of ether oxygens (including phenoxy) is 1. The second-order valence-electron chi connectivity index (χ2n) is 6.31. The van der Waals surface area contributed by atoms with Gasteiger partial charge in [-0.2, -0.15) is 0 Å². The maximum Gasteiger partial charge on any atom is 0.0506 e. The molecule has 3 nitrogen and oxygen atoms in total. The molecule has 1 saturated heterocycles. The van der Waals surface area contributed by atoms with Crippen molar-refractivity contribution in [2.45, 2.75) is 32.4 Å². The molecule has 3 heteroatoms. The minimum absolute atomic E-state index is 0.716. The Balaban J connectivity index is 1.56. The van der Waals surface area contributed by atoms with Crippen molar-refractivity contribution >= 4 is 0 Å². The average Bonchev–Trinajstić information content (AvgIpc) is 2.48. The van der Waals surface area contributed by atoms with Gasteiger partial charge in [0.2, 0.25) is 0 Å². The van der Waals surface area contributed by atoms with Crippen molar-refractivity contribution in [1.29, 1.82) is 0 Å². The Morgan fingerprint density at radius 3 is 3.15 bits per heavy atom. The van der Waals surface area contributed by atoms with E-state index < -0.39 is 0 Å². The topological polar surface area (TPSA) is 24.5 Å². The molecule has 0 bridgehead atoms. The van der Waals surface area contributed by atoms with Gasteiger partial charge in [-0.05, 0) is 55.5 Å². The lowest BCUT2D eigenvalue weighted by Gasteiger charge is -2.27. The molecule has 2 heterocycles. The third-order valence-electron chi connectivity index (χ3n) is 4.43. The fourth-order valence-corrected chi connectivity index (χ4v) is 3.40. The molecule has 1 aromatic carbocycles. The van der Waals surface area contributed by atoms with E-state index in [-0.39, 0.29) is 0 Å². The van der Waals surface area contributed by atoms with Crippen molar-refractivity contribution in [3.8, 4) is 0 Å². The summed E-state index contributed by atoms with van der Waals surface area (Å²) in [6.45, 7) is 6.24. The standard InChI is InChI=1S/C17H26N2O/c1-19(12-15-3-2-8-20-13-15)11-14-4-5-16-6-7-18-10-17(16)9-14/h4-5,9,15,18H,2-3,6-8,10-13H2,1H3. The summed E-state index contributed by atoms with van der Waals surface area (Å²) in [6.07, 6.45) is 3.71. The van der Waals surface area contributed by atoms with Crippen LogP contribution in [-0.4, -0.2) is 38.3 Å². The number of fused-ring (bicyclic) bond motifs is 1. The molecule has 1 N–H and O–H groups in total. The molecule has 0 radical (unpaired) electrons. The summed E-state index contributed by atoms with van der Waals surface area (Å²) in [7, 11) is 2.23. The maximum atomic E-state index is 5.57. The van der Waals surface area contributed by atoms with Gasteiger partial charge in [0.15, 0.2) is 0 Å². The highest BCUT2D eigenvalue weighted by molar-refractivity contribution is 5.33. The normalized spacial score (nSPS) is 22.8. The van der Waals surface area contributed by atoms with Crippen LogP contribution in [0.3, 0.4) is 0 Å². The van der Waals surface area contributed by atoms with Crippen molar-refractivity contribution < 1.29 is 4.74 Å². The Hall–Kier alpha value is -0.900. The molecule has 110 valence electrons. The van der Waals surface area contributed by atoms with Crippen LogP contribution >= 0.6 is 0 Å². The number of nitrogens with zero attached hydrogens (tertiary/aromatic N) is 1. The zero-order chi connectivity index (χ0) is 13.8. The maximum absolute atomic E-state index is 5.57. The summed E-state index contributed by atoms with van der Waals surface area (Å²) in [5, 5.41) is 3.46. The van der Waals surface area contributed by atoms with Crippen LogP contribution < -0.4 is 5.32 Å². The smallest absolute Gasteiger partial charge is 0.0506 e. The van der Waals surface area contributed by atoms with Gasteiger partial charge in [0.25, 0.3) is 0 Å². The Labute approximate surface area is 122 Å². The minimum atomic E-state index is 0.716. The highest BCUT2D eigenvalue weighted by Crippen LogP contribution is 2.18. The molecule has 1 fully saturated rings. The van der Waals surface area contributed by atoms with Gasteiger partial charge in [-0.3, -0.25) is 0 Å². The lowest BCUT2D eigenvalue weighted by Crippen LogP contribution is -2.30. The van der Waals surface area contributed by atoms with E-state index >= 15 is 0 Å². The van der Waals surface area contributed by atoms with E-state index in [0.717, 1.165) is 39.4 Å². The number of nitrogens with one attached hydrogen (secondary N) is 1. The van der Waals surface area contributed by atoms with E-state index in [1.165, 1.54) is 36.0 Å². The Morgan fingerprint density at radius 1 is 1.35 bits per heavy atom. The molecule has 20 heavy (non-hydrogen) atoms. The predicted molar refractivity (Wildman–Crippen MR) is 81.7 cm³/mol. The summed E-state index contributed by atoms with van der Waals surface area (Å²) in [4.78, 5) is 2.44. The van der Waals surface area contributed by atoms with Gasteiger partial charge < -0.3 is 15.0 Å². The first kappa shape index (κ1) is 14.1. The highest BCUT2D eigenvalue weighted by Gasteiger charge is 2.16. The molecule has 2 aliphatic rings. The summed E-state index contributed by atoms with van der Waals surface area (Å²) >= 11 is 0. The SMILES string of the molecule is CN(Cc1ccc2c(c1)CNCC2)CC1CCCOC1. The van der Waals surface area contributed by atoms with Gasteiger partial charge in [0.1, 0.15) is 0 Å². The van der Waals surface area contributed by atoms with Crippen molar-refractivity contribution in [2.24, 2.45) is 5.92 Å². The zero-order valence-corrected chi connectivity index (χ0v) is 12.5. The van der Waals surface area contributed by atoms with E-state index in [4.69, 9.17) is 4.74 Å². The van der Waals surface area contributed by atoms with Crippen LogP contribution in [0.5, 0.6) is 0 Å². The second kappa shape index (κ2) is 6.70. The lowest BCUT2D eigenvalue weighted by atomic mass is 9.98. The zero-order valence-electron chi connectivity index (χ0n) is 12.5. The lowest BCUT2D eigenvalue weighted by molar-refractivity contribution is 0.0411. The van der Waals surface area contributed by atoms with Gasteiger partial charge in [-0.15, -0.1) is 0 Å². The predicted octanol–water partition coefficient (Wildman–Crippen LogP) is 2.19. The van der Waals surface area contributed by atoms with Crippen molar-refractivity contribution in [2.75, 3.05) is 33.4 Å². The Morgan fingerprint density at radius 2 is 2.30 bits per heavy atom. The van der Waals surface area contributed by atoms with E-state index in [0.29, 0.717) is 5.92 Å². The molecule has 0 aromatic heterocycles. The van der Waals surface area contributed by atoms with Crippen LogP contribution in [0.1, 0.15) is 29.5 Å². The number of hydrogen-bond donors (Lipinski definition) is 1. The van der Waals surface area contributed by atoms with Gasteiger partial charge in [0, 0.05) is 26.2 Å². The molecular formula is C17H26N2O. The molecular weight excluding hydrogens is 248 g/mol. The van der Waals surface area contributed by atoms with Gasteiger partial charge in [-0.25, -0.2) is 0 Å². The van der Waals surface area contributed by atoms with Gasteiger partial charge in [-0.1, -0.05) is 18.2 Å². The molecule has 0 aliphatic carbocycles. The molecule has 1 atom stereocenters. The van der Waals surface area contributed by atoms with Crippen LogP contribution in [0.15, 0.2) is 18.2 Å². The molecule has 3 rings (SSSR count). The van der Waals surface area contributed by atoms with Crippen LogP contribution in [0.2, 0.25) is 0 Å². The van der Waals surface area contributed by atoms with E-state index in [1.807, 2.05) is 0 Å². The monoisotopic (exact) mass is 274 g/mol. The molecule has 0 amide bonds. The third-order valence-corrected chi connectivity index (χ3v) is 4.43. The van der Waals surface area contributed by atoms with E-state index in [9.17, 15) is 0 Å². The number of rotatable bonds is 4. The summed E-state index contributed by atoms with van der Waals surface area (Å²) in [6, 6.07) is 7.01. The average molecular weight is 274 g/mol. The summed E-state index contributed by atoms with van der Waals surface area (Å²) in [5.74, 6) is 0.716. The molecule has 1 aromatic rings. The van der Waals surface area contributed by atoms with E-state index in [1.54, 1.807) is 0 Å². The summed E-state index contributed by atoms with van der Waals surface area (Å²) in [5.41, 5.74) is 4.45. The van der Waals surface area contributed by atoms with Crippen LogP contribution in [0.25, 0.3) is 0 Å². The molecule has 2 aliphatic heterocycles. The van der Waals surface area contributed by atoms with Crippen molar-refractivity contribution in [1.82, 2.24) is 10.2 Å². The van der Waals surface area contributed by atoms with Crippen molar-refractivity contribution in [3.63, 3.8) is 0 Å². The van der Waals surface area contributed by atoms with Gasteiger partial charge in [0.05, 0.1) is 6.61 Å². The third kappa shape index (κ3) is 3.60. The number of benzene rings is 1.